The molecule has 0 saturated carbocycles. The van der Waals surface area contributed by atoms with Gasteiger partial charge in [-0.05, 0) is 30.8 Å². The van der Waals surface area contributed by atoms with Crippen molar-refractivity contribution in [2.24, 2.45) is 0 Å². The van der Waals surface area contributed by atoms with Crippen LogP contribution < -0.4 is 5.32 Å². The molecule has 1 atom stereocenters. The third-order valence-corrected chi connectivity index (χ3v) is 4.69. The van der Waals surface area contributed by atoms with E-state index in [0.717, 1.165) is 24.9 Å². The Kier molecular flexibility index (Phi) is 4.03. The van der Waals surface area contributed by atoms with E-state index in [4.69, 9.17) is 0 Å². The second kappa shape index (κ2) is 5.93. The van der Waals surface area contributed by atoms with E-state index in [1.165, 1.54) is 11.3 Å². The smallest absolute Gasteiger partial charge is 0.254 e. The Morgan fingerprint density at radius 1 is 1.20 bits per heavy atom. The van der Waals surface area contributed by atoms with Crippen molar-refractivity contribution in [3.05, 3.63) is 22.4 Å². The number of piperazine rings is 1. The highest BCUT2D eigenvalue weighted by atomic mass is 32.1. The van der Waals surface area contributed by atoms with Gasteiger partial charge >= 0.3 is 0 Å². The Morgan fingerprint density at radius 2 is 1.95 bits per heavy atom. The van der Waals surface area contributed by atoms with E-state index in [1.807, 2.05) is 26.6 Å². The fourth-order valence-corrected chi connectivity index (χ4v) is 3.44. The molecule has 108 valence electrons. The Labute approximate surface area is 122 Å². The van der Waals surface area contributed by atoms with Crippen molar-refractivity contribution in [2.45, 2.75) is 18.9 Å². The molecule has 3 heterocycles. The molecule has 0 spiro atoms. The van der Waals surface area contributed by atoms with Crippen molar-refractivity contribution in [3.63, 3.8) is 0 Å². The van der Waals surface area contributed by atoms with E-state index < -0.39 is 0 Å². The SMILES string of the molecule is O=C(c1ccsc1)N1CCN(C(=O)[C@H]2CCCN2)CC1. The highest BCUT2D eigenvalue weighted by molar-refractivity contribution is 7.08. The Bertz CT molecular complexity index is 475. The third kappa shape index (κ3) is 2.71. The minimum Gasteiger partial charge on any atom is -0.338 e. The van der Waals surface area contributed by atoms with Crippen LogP contribution in [0.1, 0.15) is 23.2 Å². The van der Waals surface area contributed by atoms with Crippen LogP contribution in [0.3, 0.4) is 0 Å². The highest BCUT2D eigenvalue weighted by Crippen LogP contribution is 2.14. The van der Waals surface area contributed by atoms with E-state index in [-0.39, 0.29) is 17.9 Å². The quantitative estimate of drug-likeness (QED) is 0.877. The molecule has 1 aromatic heterocycles. The number of carbonyl (C=O) groups excluding carboxylic acids is 2. The summed E-state index contributed by atoms with van der Waals surface area (Å²) in [6.07, 6.45) is 2.01. The molecule has 2 saturated heterocycles. The number of carbonyl (C=O) groups is 2. The third-order valence-electron chi connectivity index (χ3n) is 4.01. The Morgan fingerprint density at radius 3 is 2.55 bits per heavy atom. The second-order valence-corrected chi connectivity index (χ2v) is 6.06. The second-order valence-electron chi connectivity index (χ2n) is 5.28. The lowest BCUT2D eigenvalue weighted by Gasteiger charge is -2.35. The molecular formula is C14H19N3O2S. The summed E-state index contributed by atoms with van der Waals surface area (Å²) in [4.78, 5) is 28.2. The van der Waals surface area contributed by atoms with Crippen LogP contribution >= 0.6 is 11.3 Å². The van der Waals surface area contributed by atoms with Crippen LogP contribution in [0, 0.1) is 0 Å². The molecule has 3 rings (SSSR count). The predicted molar refractivity (Wildman–Crippen MR) is 77.8 cm³/mol. The highest BCUT2D eigenvalue weighted by Gasteiger charge is 2.30. The number of hydrogen-bond donors (Lipinski definition) is 1. The summed E-state index contributed by atoms with van der Waals surface area (Å²) >= 11 is 1.53. The zero-order valence-corrected chi connectivity index (χ0v) is 12.2. The summed E-state index contributed by atoms with van der Waals surface area (Å²) in [5, 5.41) is 7.03. The minimum absolute atomic E-state index is 0.00544. The van der Waals surface area contributed by atoms with Gasteiger partial charge in [0, 0.05) is 31.6 Å². The van der Waals surface area contributed by atoms with Crippen LogP contribution in [-0.4, -0.2) is 60.4 Å². The maximum Gasteiger partial charge on any atom is 0.254 e. The lowest BCUT2D eigenvalue weighted by molar-refractivity contribution is -0.134. The molecule has 0 bridgehead atoms. The first-order valence-corrected chi connectivity index (χ1v) is 8.03. The van der Waals surface area contributed by atoms with Gasteiger partial charge in [0.25, 0.3) is 5.91 Å². The molecule has 6 heteroatoms. The summed E-state index contributed by atoms with van der Waals surface area (Å²) < 4.78 is 0. The summed E-state index contributed by atoms with van der Waals surface area (Å²) in [5.74, 6) is 0.280. The van der Waals surface area contributed by atoms with Gasteiger partial charge in [0.1, 0.15) is 0 Å². The normalized spacial score (nSPS) is 23.1. The van der Waals surface area contributed by atoms with E-state index in [1.54, 1.807) is 0 Å². The van der Waals surface area contributed by atoms with Crippen molar-refractivity contribution in [3.8, 4) is 0 Å². The van der Waals surface area contributed by atoms with E-state index in [9.17, 15) is 9.59 Å². The number of hydrogen-bond acceptors (Lipinski definition) is 4. The molecule has 2 aliphatic rings. The topological polar surface area (TPSA) is 52.7 Å². The van der Waals surface area contributed by atoms with Crippen LogP contribution in [0.5, 0.6) is 0 Å². The number of rotatable bonds is 2. The first-order chi connectivity index (χ1) is 9.75. The number of amides is 2. The molecule has 2 aliphatic heterocycles. The van der Waals surface area contributed by atoms with E-state index in [2.05, 4.69) is 5.32 Å². The molecular weight excluding hydrogens is 274 g/mol. The van der Waals surface area contributed by atoms with Gasteiger partial charge in [0.2, 0.25) is 5.91 Å². The number of nitrogens with one attached hydrogen (secondary N) is 1. The van der Waals surface area contributed by atoms with Gasteiger partial charge in [-0.2, -0.15) is 11.3 Å². The summed E-state index contributed by atoms with van der Waals surface area (Å²) in [6.45, 7) is 3.49. The van der Waals surface area contributed by atoms with Crippen LogP contribution in [0.15, 0.2) is 16.8 Å². The summed E-state index contributed by atoms with van der Waals surface area (Å²) in [6, 6.07) is 1.85. The molecule has 0 radical (unpaired) electrons. The summed E-state index contributed by atoms with van der Waals surface area (Å²) in [5.41, 5.74) is 0.757. The largest absolute Gasteiger partial charge is 0.338 e. The summed E-state index contributed by atoms with van der Waals surface area (Å²) in [7, 11) is 0. The van der Waals surface area contributed by atoms with Crippen molar-refractivity contribution in [1.29, 1.82) is 0 Å². The number of nitrogens with zero attached hydrogens (tertiary/aromatic N) is 2. The molecule has 0 aromatic carbocycles. The van der Waals surface area contributed by atoms with Crippen LogP contribution in [0.25, 0.3) is 0 Å². The molecule has 0 unspecified atom stereocenters. The van der Waals surface area contributed by atoms with Crippen molar-refractivity contribution in [1.82, 2.24) is 15.1 Å². The van der Waals surface area contributed by atoms with Crippen LogP contribution in [0.4, 0.5) is 0 Å². The van der Waals surface area contributed by atoms with Crippen molar-refractivity contribution < 1.29 is 9.59 Å². The average molecular weight is 293 g/mol. The van der Waals surface area contributed by atoms with Gasteiger partial charge in [-0.3, -0.25) is 9.59 Å². The fourth-order valence-electron chi connectivity index (χ4n) is 2.81. The molecule has 1 aromatic rings. The van der Waals surface area contributed by atoms with Crippen LogP contribution in [-0.2, 0) is 4.79 Å². The van der Waals surface area contributed by atoms with Gasteiger partial charge in [-0.25, -0.2) is 0 Å². The van der Waals surface area contributed by atoms with Crippen molar-refractivity contribution in [2.75, 3.05) is 32.7 Å². The average Bonchev–Trinajstić information content (AvgIpc) is 3.18. The van der Waals surface area contributed by atoms with Gasteiger partial charge in [0.15, 0.2) is 0 Å². The molecule has 2 amide bonds. The maximum absolute atomic E-state index is 12.3. The van der Waals surface area contributed by atoms with Gasteiger partial charge in [-0.15, -0.1) is 0 Å². The Hall–Kier alpha value is -1.40. The zero-order valence-electron chi connectivity index (χ0n) is 11.4. The minimum atomic E-state index is -0.00544. The standard InChI is InChI=1S/C14H19N3O2S/c18-13(11-3-9-20-10-11)16-5-7-17(8-6-16)14(19)12-2-1-4-15-12/h3,9-10,12,15H,1-2,4-8H2/t12-/m1/s1. The Balaban J connectivity index is 1.54. The van der Waals surface area contributed by atoms with Gasteiger partial charge < -0.3 is 15.1 Å². The van der Waals surface area contributed by atoms with E-state index >= 15 is 0 Å². The lowest BCUT2D eigenvalue weighted by atomic mass is 10.1. The molecule has 2 fully saturated rings. The van der Waals surface area contributed by atoms with Crippen LogP contribution in [0.2, 0.25) is 0 Å². The monoisotopic (exact) mass is 293 g/mol. The maximum atomic E-state index is 12.3. The zero-order chi connectivity index (χ0) is 13.9. The van der Waals surface area contributed by atoms with Gasteiger partial charge in [-0.1, -0.05) is 0 Å². The molecule has 20 heavy (non-hydrogen) atoms. The van der Waals surface area contributed by atoms with Crippen molar-refractivity contribution >= 4 is 23.2 Å². The fraction of sp³-hybridized carbons (Fsp3) is 0.571. The number of thiophene rings is 1. The lowest BCUT2D eigenvalue weighted by Crippen LogP contribution is -2.54. The molecule has 5 nitrogen and oxygen atoms in total. The van der Waals surface area contributed by atoms with E-state index in [0.29, 0.717) is 26.2 Å². The predicted octanol–water partition coefficient (Wildman–Crippen LogP) is 0.784. The first kappa shape index (κ1) is 13.6. The molecule has 0 aliphatic carbocycles. The first-order valence-electron chi connectivity index (χ1n) is 7.09. The van der Waals surface area contributed by atoms with Gasteiger partial charge in [0.05, 0.1) is 11.6 Å². The molecule has 1 N–H and O–H groups in total.